The number of para-hydroxylation sites is 1. The van der Waals surface area contributed by atoms with Crippen LogP contribution in [0.15, 0.2) is 47.5 Å². The molecule has 2 rings (SSSR count). The Kier molecular flexibility index (Phi) is 5.09. The monoisotopic (exact) mass is 286 g/mol. The Morgan fingerprint density at radius 2 is 2.29 bits per heavy atom. The number of nitrogens with one attached hydrogen (secondary N) is 2. The Labute approximate surface area is 123 Å². The highest BCUT2D eigenvalue weighted by Gasteiger charge is 2.19. The maximum absolute atomic E-state index is 11.3. The Bertz CT molecular complexity index is 554. The molecule has 2 N–H and O–H groups in total. The van der Waals surface area contributed by atoms with Gasteiger partial charge in [0, 0.05) is 6.08 Å². The van der Waals surface area contributed by atoms with Crippen LogP contribution in [0.5, 0.6) is 0 Å². The summed E-state index contributed by atoms with van der Waals surface area (Å²) in [7, 11) is 0. The van der Waals surface area contributed by atoms with Crippen LogP contribution >= 0.6 is 0 Å². The molecule has 0 radical (unpaired) electrons. The van der Waals surface area contributed by atoms with Crippen LogP contribution in [0.25, 0.3) is 0 Å². The predicted molar refractivity (Wildman–Crippen MR) is 82.3 cm³/mol. The smallest absolute Gasteiger partial charge is 0.330 e. The van der Waals surface area contributed by atoms with E-state index >= 15 is 0 Å². The number of hydrazine groups is 1. The molecule has 1 atom stereocenters. The van der Waals surface area contributed by atoms with Gasteiger partial charge in [-0.05, 0) is 19.1 Å². The molecular weight excluding hydrogens is 268 g/mol. The lowest BCUT2D eigenvalue weighted by Crippen LogP contribution is -2.39. The molecule has 1 aliphatic heterocycles. The molecule has 6 nitrogen and oxygen atoms in total. The summed E-state index contributed by atoms with van der Waals surface area (Å²) in [4.78, 5) is 15.3. The highest BCUT2D eigenvalue weighted by molar-refractivity contribution is 5.93. The molecule has 0 aliphatic carbocycles. The molecule has 110 valence electrons. The summed E-state index contributed by atoms with van der Waals surface area (Å²) in [6, 6.07) is 9.69. The number of aliphatic imine (C=N–C) groups is 1. The zero-order valence-corrected chi connectivity index (χ0v) is 11.8. The van der Waals surface area contributed by atoms with Gasteiger partial charge in [-0.25, -0.2) is 9.79 Å². The van der Waals surface area contributed by atoms with Crippen LogP contribution in [0.4, 0.5) is 5.69 Å². The first-order valence-electron chi connectivity index (χ1n) is 6.75. The molecule has 0 saturated carbocycles. The number of rotatable bonds is 5. The van der Waals surface area contributed by atoms with Crippen molar-refractivity contribution in [1.29, 1.82) is 5.41 Å². The minimum Gasteiger partial charge on any atom is -0.463 e. The topological polar surface area (TPSA) is 77.8 Å². The molecule has 0 fully saturated rings. The van der Waals surface area contributed by atoms with E-state index in [1.54, 1.807) is 24.3 Å². The van der Waals surface area contributed by atoms with Gasteiger partial charge in [-0.2, -0.15) is 0 Å². The summed E-state index contributed by atoms with van der Waals surface area (Å²) in [6.45, 7) is 2.61. The van der Waals surface area contributed by atoms with Crippen molar-refractivity contribution in [2.24, 2.45) is 10.9 Å². The van der Waals surface area contributed by atoms with Gasteiger partial charge in [-0.15, -0.1) is 0 Å². The number of amidine groups is 1. The van der Waals surface area contributed by atoms with Gasteiger partial charge in [0.15, 0.2) is 0 Å². The van der Waals surface area contributed by atoms with E-state index in [4.69, 9.17) is 10.1 Å². The highest BCUT2D eigenvalue weighted by Crippen LogP contribution is 2.13. The molecule has 1 aromatic carbocycles. The van der Waals surface area contributed by atoms with Crippen molar-refractivity contribution < 1.29 is 9.53 Å². The van der Waals surface area contributed by atoms with E-state index in [-0.39, 0.29) is 11.8 Å². The van der Waals surface area contributed by atoms with Gasteiger partial charge in [0.2, 0.25) is 0 Å². The van der Waals surface area contributed by atoms with Crippen LogP contribution in [0.2, 0.25) is 0 Å². The van der Waals surface area contributed by atoms with Gasteiger partial charge < -0.3 is 4.74 Å². The number of anilines is 1. The van der Waals surface area contributed by atoms with Gasteiger partial charge in [0.25, 0.3) is 0 Å². The Hall–Kier alpha value is -2.63. The van der Waals surface area contributed by atoms with E-state index in [0.29, 0.717) is 13.2 Å². The third-order valence-corrected chi connectivity index (χ3v) is 2.88. The van der Waals surface area contributed by atoms with Crippen molar-refractivity contribution in [3.63, 3.8) is 0 Å². The van der Waals surface area contributed by atoms with Gasteiger partial charge in [0.1, 0.15) is 12.2 Å². The van der Waals surface area contributed by atoms with Crippen LogP contribution in [0.3, 0.4) is 0 Å². The van der Waals surface area contributed by atoms with Gasteiger partial charge in [-0.3, -0.25) is 15.8 Å². The zero-order valence-electron chi connectivity index (χ0n) is 11.8. The third-order valence-electron chi connectivity index (χ3n) is 2.88. The number of ether oxygens (including phenoxy) is 1. The van der Waals surface area contributed by atoms with Crippen molar-refractivity contribution in [3.05, 3.63) is 42.5 Å². The van der Waals surface area contributed by atoms with Gasteiger partial charge >= 0.3 is 5.97 Å². The van der Waals surface area contributed by atoms with Crippen molar-refractivity contribution in [2.45, 2.75) is 6.92 Å². The SMILES string of the molecule is CCOC(=O)C=CC1CN(Nc2ccccc2)C=NC1=N. The van der Waals surface area contributed by atoms with E-state index < -0.39 is 5.97 Å². The number of carbonyl (C=O) groups is 1. The Morgan fingerprint density at radius 1 is 1.52 bits per heavy atom. The summed E-state index contributed by atoms with van der Waals surface area (Å²) < 4.78 is 4.83. The average molecular weight is 286 g/mol. The molecule has 0 bridgehead atoms. The molecule has 0 spiro atoms. The fraction of sp³-hybridized carbons (Fsp3) is 0.267. The van der Waals surface area contributed by atoms with Crippen LogP contribution in [0.1, 0.15) is 6.92 Å². The maximum atomic E-state index is 11.3. The van der Waals surface area contributed by atoms with Crippen LogP contribution in [0, 0.1) is 11.3 Å². The lowest BCUT2D eigenvalue weighted by atomic mass is 10.1. The third kappa shape index (κ3) is 4.45. The number of hydrogen-bond acceptors (Lipinski definition) is 5. The average Bonchev–Trinajstić information content (AvgIpc) is 2.49. The first-order chi connectivity index (χ1) is 10.2. The molecule has 1 aromatic rings. The molecule has 1 heterocycles. The van der Waals surface area contributed by atoms with E-state index in [0.717, 1.165) is 5.69 Å². The quantitative estimate of drug-likeness (QED) is 0.641. The largest absolute Gasteiger partial charge is 0.463 e. The van der Waals surface area contributed by atoms with Crippen LogP contribution in [-0.4, -0.2) is 36.3 Å². The number of carbonyl (C=O) groups excluding carboxylic acids is 1. The Morgan fingerprint density at radius 3 is 3.00 bits per heavy atom. The van der Waals surface area contributed by atoms with E-state index in [2.05, 4.69) is 10.4 Å². The molecule has 21 heavy (non-hydrogen) atoms. The lowest BCUT2D eigenvalue weighted by molar-refractivity contribution is -0.137. The number of benzene rings is 1. The molecule has 1 unspecified atom stereocenters. The molecule has 0 saturated heterocycles. The summed E-state index contributed by atoms with van der Waals surface area (Å²) >= 11 is 0. The van der Waals surface area contributed by atoms with E-state index in [1.807, 2.05) is 30.3 Å². The second-order valence-electron chi connectivity index (χ2n) is 4.48. The number of esters is 1. The first-order valence-corrected chi connectivity index (χ1v) is 6.75. The number of hydrogen-bond donors (Lipinski definition) is 2. The standard InChI is InChI=1S/C15H18N4O2/c1-2-21-14(20)9-8-12-10-19(11-17-15(12)16)18-13-6-4-3-5-7-13/h3-9,11-12,16,18H,2,10H2,1H3. The molecular formula is C15H18N4O2. The normalized spacial score (nSPS) is 18.0. The van der Waals surface area contributed by atoms with Crippen molar-refractivity contribution in [1.82, 2.24) is 5.01 Å². The Balaban J connectivity index is 1.97. The summed E-state index contributed by atoms with van der Waals surface area (Å²) in [5.74, 6) is -0.431. The number of nitrogens with zero attached hydrogens (tertiary/aromatic N) is 2. The van der Waals surface area contributed by atoms with Crippen molar-refractivity contribution in [3.8, 4) is 0 Å². The maximum Gasteiger partial charge on any atom is 0.330 e. The first kappa shape index (κ1) is 14.8. The molecule has 1 aliphatic rings. The van der Waals surface area contributed by atoms with Crippen molar-refractivity contribution in [2.75, 3.05) is 18.6 Å². The lowest BCUT2D eigenvalue weighted by Gasteiger charge is -2.28. The molecule has 6 heteroatoms. The zero-order chi connectivity index (χ0) is 15.1. The van der Waals surface area contributed by atoms with Gasteiger partial charge in [0.05, 0.1) is 24.8 Å². The second kappa shape index (κ2) is 7.23. The van der Waals surface area contributed by atoms with Crippen LogP contribution < -0.4 is 5.43 Å². The summed E-state index contributed by atoms with van der Waals surface area (Å²) in [5, 5.41) is 9.59. The molecule has 0 aromatic heterocycles. The van der Waals surface area contributed by atoms with E-state index in [9.17, 15) is 4.79 Å². The fourth-order valence-electron chi connectivity index (χ4n) is 1.86. The predicted octanol–water partition coefficient (Wildman–Crippen LogP) is 2.07. The summed E-state index contributed by atoms with van der Waals surface area (Å²) in [5.41, 5.74) is 4.12. The van der Waals surface area contributed by atoms with Crippen molar-refractivity contribution >= 4 is 23.8 Å². The molecule has 0 amide bonds. The second-order valence-corrected chi connectivity index (χ2v) is 4.48. The van der Waals surface area contributed by atoms with E-state index in [1.165, 1.54) is 6.08 Å². The highest BCUT2D eigenvalue weighted by atomic mass is 16.5. The minimum absolute atomic E-state index is 0.224. The minimum atomic E-state index is -0.401. The van der Waals surface area contributed by atoms with Crippen LogP contribution in [-0.2, 0) is 9.53 Å². The van der Waals surface area contributed by atoms with Gasteiger partial charge in [-0.1, -0.05) is 24.3 Å². The summed E-state index contributed by atoms with van der Waals surface area (Å²) in [6.07, 6.45) is 4.57. The fourth-order valence-corrected chi connectivity index (χ4v) is 1.86.